The molecule has 0 atom stereocenters. The molecule has 18 heavy (non-hydrogen) atoms. The van der Waals surface area contributed by atoms with E-state index in [1.54, 1.807) is 6.07 Å². The standard InChI is InChI=1S/C15H15FN2/c16-14-5-11(8-17)6-15(7-14)18-9-12-3-1-2-4-13(12)10-18/h1-7H,8-10,17H2. The number of rotatable bonds is 2. The Balaban J connectivity index is 1.92. The first-order valence-electron chi connectivity index (χ1n) is 6.07. The summed E-state index contributed by atoms with van der Waals surface area (Å²) in [7, 11) is 0. The highest BCUT2D eigenvalue weighted by Gasteiger charge is 2.19. The van der Waals surface area contributed by atoms with E-state index in [4.69, 9.17) is 5.73 Å². The molecule has 0 aliphatic carbocycles. The first-order chi connectivity index (χ1) is 8.76. The van der Waals surface area contributed by atoms with Crippen LogP contribution >= 0.6 is 0 Å². The molecule has 0 unspecified atom stereocenters. The van der Waals surface area contributed by atoms with Gasteiger partial charge >= 0.3 is 0 Å². The van der Waals surface area contributed by atoms with E-state index in [-0.39, 0.29) is 5.82 Å². The van der Waals surface area contributed by atoms with Gasteiger partial charge in [-0.3, -0.25) is 0 Å². The van der Waals surface area contributed by atoms with E-state index < -0.39 is 0 Å². The van der Waals surface area contributed by atoms with Crippen LogP contribution in [0.1, 0.15) is 16.7 Å². The minimum Gasteiger partial charge on any atom is -0.363 e. The summed E-state index contributed by atoms with van der Waals surface area (Å²) in [6, 6.07) is 13.4. The van der Waals surface area contributed by atoms with Gasteiger partial charge in [-0.25, -0.2) is 4.39 Å². The molecule has 0 saturated carbocycles. The molecule has 0 amide bonds. The average Bonchev–Trinajstić information content (AvgIpc) is 2.81. The third-order valence-corrected chi connectivity index (χ3v) is 3.38. The zero-order chi connectivity index (χ0) is 12.5. The van der Waals surface area contributed by atoms with E-state index in [2.05, 4.69) is 17.0 Å². The number of hydrogen-bond donors (Lipinski definition) is 1. The van der Waals surface area contributed by atoms with Gasteiger partial charge in [0.1, 0.15) is 5.82 Å². The predicted molar refractivity (Wildman–Crippen MR) is 70.6 cm³/mol. The van der Waals surface area contributed by atoms with Crippen LogP contribution < -0.4 is 10.6 Å². The molecule has 2 nitrogen and oxygen atoms in total. The molecule has 0 saturated heterocycles. The fraction of sp³-hybridized carbons (Fsp3) is 0.200. The van der Waals surface area contributed by atoms with Crippen molar-refractivity contribution in [1.82, 2.24) is 0 Å². The van der Waals surface area contributed by atoms with Gasteiger partial charge in [-0.15, -0.1) is 0 Å². The lowest BCUT2D eigenvalue weighted by Gasteiger charge is -2.18. The van der Waals surface area contributed by atoms with Gasteiger partial charge < -0.3 is 10.6 Å². The Morgan fingerprint density at radius 3 is 2.33 bits per heavy atom. The molecule has 1 heterocycles. The van der Waals surface area contributed by atoms with Gasteiger partial charge in [0.05, 0.1) is 0 Å². The van der Waals surface area contributed by atoms with Crippen LogP contribution in [0.25, 0.3) is 0 Å². The summed E-state index contributed by atoms with van der Waals surface area (Å²) in [4.78, 5) is 2.17. The van der Waals surface area contributed by atoms with Crippen molar-refractivity contribution in [2.45, 2.75) is 19.6 Å². The first-order valence-corrected chi connectivity index (χ1v) is 6.07. The molecule has 0 radical (unpaired) electrons. The van der Waals surface area contributed by atoms with Gasteiger partial charge in [0, 0.05) is 25.3 Å². The molecule has 0 fully saturated rings. The Morgan fingerprint density at radius 1 is 1.06 bits per heavy atom. The Bertz CT molecular complexity index is 555. The molecule has 2 aromatic rings. The Hall–Kier alpha value is -1.87. The van der Waals surface area contributed by atoms with Crippen LogP contribution in [0.15, 0.2) is 42.5 Å². The number of nitrogens with zero attached hydrogens (tertiary/aromatic N) is 1. The second-order valence-corrected chi connectivity index (χ2v) is 4.65. The number of fused-ring (bicyclic) bond motifs is 1. The van der Waals surface area contributed by atoms with Crippen LogP contribution in [-0.4, -0.2) is 0 Å². The van der Waals surface area contributed by atoms with Crippen LogP contribution in [0.3, 0.4) is 0 Å². The molecule has 2 N–H and O–H groups in total. The Morgan fingerprint density at radius 2 is 1.72 bits per heavy atom. The molecular formula is C15H15FN2. The van der Waals surface area contributed by atoms with Crippen molar-refractivity contribution in [3.05, 3.63) is 65.0 Å². The number of benzene rings is 2. The van der Waals surface area contributed by atoms with Gasteiger partial charge in [0.25, 0.3) is 0 Å². The molecule has 0 bridgehead atoms. The monoisotopic (exact) mass is 242 g/mol. The number of halogens is 1. The quantitative estimate of drug-likeness (QED) is 0.877. The van der Waals surface area contributed by atoms with E-state index >= 15 is 0 Å². The van der Waals surface area contributed by atoms with Crippen LogP contribution in [0.4, 0.5) is 10.1 Å². The maximum absolute atomic E-state index is 13.5. The number of hydrogen-bond acceptors (Lipinski definition) is 2. The highest BCUT2D eigenvalue weighted by Crippen LogP contribution is 2.29. The fourth-order valence-corrected chi connectivity index (χ4v) is 2.45. The van der Waals surface area contributed by atoms with Gasteiger partial charge in [-0.1, -0.05) is 24.3 Å². The van der Waals surface area contributed by atoms with E-state index in [0.29, 0.717) is 6.54 Å². The maximum Gasteiger partial charge on any atom is 0.125 e. The zero-order valence-corrected chi connectivity index (χ0v) is 10.1. The molecule has 0 aromatic heterocycles. The van der Waals surface area contributed by atoms with Crippen LogP contribution in [0.5, 0.6) is 0 Å². The lowest BCUT2D eigenvalue weighted by molar-refractivity contribution is 0.624. The summed E-state index contributed by atoms with van der Waals surface area (Å²) in [5.41, 5.74) is 9.96. The first kappa shape index (κ1) is 11.2. The summed E-state index contributed by atoms with van der Waals surface area (Å²) in [6.07, 6.45) is 0. The zero-order valence-electron chi connectivity index (χ0n) is 10.1. The lowest BCUT2D eigenvalue weighted by Crippen LogP contribution is -2.15. The van der Waals surface area contributed by atoms with Crippen molar-refractivity contribution in [2.75, 3.05) is 4.90 Å². The normalized spacial score (nSPS) is 13.8. The molecule has 3 rings (SSSR count). The highest BCUT2D eigenvalue weighted by molar-refractivity contribution is 5.53. The van der Waals surface area contributed by atoms with Crippen molar-refractivity contribution in [2.24, 2.45) is 5.73 Å². The van der Waals surface area contributed by atoms with Gasteiger partial charge in [0.15, 0.2) is 0 Å². The van der Waals surface area contributed by atoms with E-state index in [0.717, 1.165) is 24.3 Å². The average molecular weight is 242 g/mol. The summed E-state index contributed by atoms with van der Waals surface area (Å²) in [6.45, 7) is 2.04. The molecule has 2 aromatic carbocycles. The predicted octanol–water partition coefficient (Wildman–Crippen LogP) is 2.80. The lowest BCUT2D eigenvalue weighted by atomic mass is 10.1. The highest BCUT2D eigenvalue weighted by atomic mass is 19.1. The number of anilines is 1. The van der Waals surface area contributed by atoms with Crippen LogP contribution in [0, 0.1) is 5.82 Å². The third-order valence-electron chi connectivity index (χ3n) is 3.38. The van der Waals surface area contributed by atoms with Crippen LogP contribution in [0.2, 0.25) is 0 Å². The van der Waals surface area contributed by atoms with Crippen molar-refractivity contribution in [1.29, 1.82) is 0 Å². The van der Waals surface area contributed by atoms with Crippen LogP contribution in [-0.2, 0) is 19.6 Å². The van der Waals surface area contributed by atoms with Gasteiger partial charge in [-0.2, -0.15) is 0 Å². The van der Waals surface area contributed by atoms with Gasteiger partial charge in [-0.05, 0) is 34.9 Å². The Kier molecular flexibility index (Phi) is 2.76. The van der Waals surface area contributed by atoms with Crippen molar-refractivity contribution in [3.8, 4) is 0 Å². The Labute approximate surface area is 106 Å². The summed E-state index contributed by atoms with van der Waals surface area (Å²) < 4.78 is 13.5. The molecule has 3 heteroatoms. The SMILES string of the molecule is NCc1cc(F)cc(N2Cc3ccccc3C2)c1. The van der Waals surface area contributed by atoms with E-state index in [9.17, 15) is 4.39 Å². The summed E-state index contributed by atoms with van der Waals surface area (Å²) in [5, 5.41) is 0. The maximum atomic E-state index is 13.5. The van der Waals surface area contributed by atoms with E-state index in [1.165, 1.54) is 17.2 Å². The number of nitrogens with two attached hydrogens (primary N) is 1. The minimum absolute atomic E-state index is 0.219. The van der Waals surface area contributed by atoms with Crippen molar-refractivity contribution in [3.63, 3.8) is 0 Å². The molecule has 92 valence electrons. The molecule has 0 spiro atoms. The largest absolute Gasteiger partial charge is 0.363 e. The van der Waals surface area contributed by atoms with E-state index in [1.807, 2.05) is 18.2 Å². The second kappa shape index (κ2) is 4.42. The van der Waals surface area contributed by atoms with Crippen molar-refractivity contribution < 1.29 is 4.39 Å². The summed E-state index contributed by atoms with van der Waals surface area (Å²) >= 11 is 0. The summed E-state index contributed by atoms with van der Waals surface area (Å²) in [5.74, 6) is -0.219. The smallest absolute Gasteiger partial charge is 0.125 e. The fourth-order valence-electron chi connectivity index (χ4n) is 2.45. The van der Waals surface area contributed by atoms with Crippen molar-refractivity contribution >= 4 is 5.69 Å². The topological polar surface area (TPSA) is 29.3 Å². The minimum atomic E-state index is -0.219. The molecular weight excluding hydrogens is 227 g/mol. The second-order valence-electron chi connectivity index (χ2n) is 4.65. The third kappa shape index (κ3) is 1.97. The molecule has 1 aliphatic heterocycles. The molecule has 1 aliphatic rings. The van der Waals surface area contributed by atoms with Gasteiger partial charge in [0.2, 0.25) is 0 Å².